The standard InChI is InChI=1S/C39H30N2O6S2/c1-2-47-39(46)33-31(24-12-5-3-6-13-24)23-48-37(33)41-36(43)34(26-14-7-4-8-15-26)49-28-19-11-18-27(22-28)40-35(42)29-20-9-16-25-17-10-21-30(32(25)29)38(44)45/h3-23,34H,2H2,1H3,(H,40,42)(H,41,43)(H,44,45). The van der Waals surface area contributed by atoms with E-state index in [4.69, 9.17) is 4.74 Å². The summed E-state index contributed by atoms with van der Waals surface area (Å²) in [5, 5.41) is 18.2. The summed E-state index contributed by atoms with van der Waals surface area (Å²) in [6, 6.07) is 35.8. The molecule has 0 aliphatic rings. The van der Waals surface area contributed by atoms with Gasteiger partial charge in [-0.3, -0.25) is 9.59 Å². The molecule has 6 rings (SSSR count). The summed E-state index contributed by atoms with van der Waals surface area (Å²) in [6.45, 7) is 1.92. The van der Waals surface area contributed by atoms with Gasteiger partial charge in [-0.1, -0.05) is 91.0 Å². The predicted molar refractivity (Wildman–Crippen MR) is 195 cm³/mol. The van der Waals surface area contributed by atoms with Gasteiger partial charge in [0.1, 0.15) is 15.8 Å². The van der Waals surface area contributed by atoms with Crippen LogP contribution in [-0.2, 0) is 9.53 Å². The molecule has 5 aromatic carbocycles. The SMILES string of the molecule is CCOC(=O)c1c(-c2ccccc2)csc1NC(=O)C(Sc1cccc(NC(=O)c2cccc3cccc(C(=O)O)c23)c1)c1ccccc1. The van der Waals surface area contributed by atoms with Gasteiger partial charge in [0.15, 0.2) is 0 Å². The van der Waals surface area contributed by atoms with Crippen molar-refractivity contribution < 1.29 is 29.0 Å². The van der Waals surface area contributed by atoms with Crippen molar-refractivity contribution in [3.05, 3.63) is 149 Å². The third kappa shape index (κ3) is 7.40. The number of hydrogen-bond acceptors (Lipinski definition) is 7. The summed E-state index contributed by atoms with van der Waals surface area (Å²) < 4.78 is 5.38. The van der Waals surface area contributed by atoms with Crippen molar-refractivity contribution in [2.75, 3.05) is 17.2 Å². The number of amides is 2. The lowest BCUT2D eigenvalue weighted by molar-refractivity contribution is -0.115. The van der Waals surface area contributed by atoms with E-state index in [0.717, 1.165) is 11.1 Å². The Morgan fingerprint density at radius 1 is 0.796 bits per heavy atom. The van der Waals surface area contributed by atoms with Crippen LogP contribution in [0.25, 0.3) is 21.9 Å². The van der Waals surface area contributed by atoms with Crippen LogP contribution in [0.2, 0.25) is 0 Å². The number of carboxylic acid groups (broad SMARTS) is 1. The van der Waals surface area contributed by atoms with E-state index in [1.807, 2.05) is 72.1 Å². The molecule has 244 valence electrons. The summed E-state index contributed by atoms with van der Waals surface area (Å²) in [4.78, 5) is 53.3. The average molecular weight is 687 g/mol. The van der Waals surface area contributed by atoms with Gasteiger partial charge in [0.2, 0.25) is 5.91 Å². The van der Waals surface area contributed by atoms with E-state index in [0.29, 0.717) is 37.5 Å². The summed E-state index contributed by atoms with van der Waals surface area (Å²) in [5.41, 5.74) is 3.30. The van der Waals surface area contributed by atoms with E-state index in [2.05, 4.69) is 10.6 Å². The smallest absolute Gasteiger partial charge is 0.341 e. The highest BCUT2D eigenvalue weighted by Gasteiger charge is 2.27. The fraction of sp³-hybridized carbons (Fsp3) is 0.0769. The molecule has 3 N–H and O–H groups in total. The Labute approximate surface area is 290 Å². The topological polar surface area (TPSA) is 122 Å². The van der Waals surface area contributed by atoms with E-state index in [-0.39, 0.29) is 23.6 Å². The maximum absolute atomic E-state index is 14.1. The fourth-order valence-electron chi connectivity index (χ4n) is 5.45. The molecule has 8 nitrogen and oxygen atoms in total. The molecule has 1 unspecified atom stereocenters. The van der Waals surface area contributed by atoms with Gasteiger partial charge in [-0.15, -0.1) is 23.1 Å². The first-order valence-electron chi connectivity index (χ1n) is 15.4. The van der Waals surface area contributed by atoms with Crippen LogP contribution in [0, 0.1) is 0 Å². The second kappa shape index (κ2) is 15.0. The minimum atomic E-state index is -1.12. The molecule has 0 radical (unpaired) electrons. The largest absolute Gasteiger partial charge is 0.478 e. The summed E-state index contributed by atoms with van der Waals surface area (Å²) >= 11 is 2.55. The molecule has 6 aromatic rings. The Morgan fingerprint density at radius 3 is 2.16 bits per heavy atom. The van der Waals surface area contributed by atoms with Gasteiger partial charge in [-0.25, -0.2) is 9.59 Å². The minimum Gasteiger partial charge on any atom is -0.478 e. The Kier molecular flexibility index (Phi) is 10.2. The molecular weight excluding hydrogens is 657 g/mol. The number of rotatable bonds is 11. The second-order valence-electron chi connectivity index (χ2n) is 10.8. The number of aromatic carboxylic acids is 1. The third-order valence-electron chi connectivity index (χ3n) is 7.66. The highest BCUT2D eigenvalue weighted by molar-refractivity contribution is 8.00. The minimum absolute atomic E-state index is 0.0389. The van der Waals surface area contributed by atoms with Gasteiger partial charge in [-0.2, -0.15) is 0 Å². The first-order chi connectivity index (χ1) is 23.8. The molecule has 0 spiro atoms. The van der Waals surface area contributed by atoms with E-state index in [9.17, 15) is 24.3 Å². The molecule has 1 heterocycles. The number of nitrogens with one attached hydrogen (secondary N) is 2. The molecule has 1 atom stereocenters. The highest BCUT2D eigenvalue weighted by atomic mass is 32.2. The second-order valence-corrected chi connectivity index (χ2v) is 12.9. The number of fused-ring (bicyclic) bond motifs is 1. The summed E-state index contributed by atoms with van der Waals surface area (Å²) in [5.74, 6) is -2.44. The quantitative estimate of drug-likeness (QED) is 0.0918. The molecule has 1 aromatic heterocycles. The zero-order chi connectivity index (χ0) is 34.3. The van der Waals surface area contributed by atoms with Crippen LogP contribution in [0.1, 0.15) is 48.8 Å². The summed E-state index contributed by atoms with van der Waals surface area (Å²) in [6.07, 6.45) is 0. The van der Waals surface area contributed by atoms with E-state index in [1.165, 1.54) is 29.2 Å². The molecule has 2 amide bonds. The molecule has 0 saturated heterocycles. The van der Waals surface area contributed by atoms with E-state index < -0.39 is 23.1 Å². The Hall–Kier alpha value is -5.71. The maximum Gasteiger partial charge on any atom is 0.341 e. The van der Waals surface area contributed by atoms with Crippen LogP contribution >= 0.6 is 23.1 Å². The first-order valence-corrected chi connectivity index (χ1v) is 17.1. The fourth-order valence-corrected chi connectivity index (χ4v) is 7.50. The molecule has 0 saturated carbocycles. The predicted octanol–water partition coefficient (Wildman–Crippen LogP) is 9.17. The number of carbonyl (C=O) groups excluding carboxylic acids is 3. The number of benzene rings is 5. The number of anilines is 2. The van der Waals surface area contributed by atoms with Crippen LogP contribution < -0.4 is 10.6 Å². The zero-order valence-electron chi connectivity index (χ0n) is 26.2. The first kappa shape index (κ1) is 33.2. The van der Waals surface area contributed by atoms with Crippen molar-refractivity contribution in [1.29, 1.82) is 0 Å². The number of esters is 1. The third-order valence-corrected chi connectivity index (χ3v) is 9.80. The number of carbonyl (C=O) groups is 4. The molecule has 0 fully saturated rings. The monoisotopic (exact) mass is 686 g/mol. The van der Waals surface area contributed by atoms with Crippen molar-refractivity contribution in [2.24, 2.45) is 0 Å². The molecule has 0 aliphatic heterocycles. The van der Waals surface area contributed by atoms with Crippen molar-refractivity contribution >= 4 is 68.3 Å². The van der Waals surface area contributed by atoms with E-state index >= 15 is 0 Å². The van der Waals surface area contributed by atoms with Crippen molar-refractivity contribution in [3.63, 3.8) is 0 Å². The molecule has 10 heteroatoms. The molecule has 0 aliphatic carbocycles. The van der Waals surface area contributed by atoms with Gasteiger partial charge in [-0.05, 0) is 53.8 Å². The number of carboxylic acids is 1. The number of hydrogen-bond donors (Lipinski definition) is 3. The Balaban J connectivity index is 1.28. The van der Waals surface area contributed by atoms with Crippen LogP contribution in [0.3, 0.4) is 0 Å². The lowest BCUT2D eigenvalue weighted by Gasteiger charge is -2.18. The van der Waals surface area contributed by atoms with Gasteiger partial charge < -0.3 is 20.5 Å². The number of thiophene rings is 1. The average Bonchev–Trinajstić information content (AvgIpc) is 3.54. The lowest BCUT2D eigenvalue weighted by atomic mass is 9.98. The lowest BCUT2D eigenvalue weighted by Crippen LogP contribution is -2.20. The zero-order valence-corrected chi connectivity index (χ0v) is 27.8. The van der Waals surface area contributed by atoms with Crippen LogP contribution in [0.15, 0.2) is 132 Å². The maximum atomic E-state index is 14.1. The normalized spacial score (nSPS) is 11.4. The number of ether oxygens (including phenoxy) is 1. The van der Waals surface area contributed by atoms with Crippen molar-refractivity contribution in [1.82, 2.24) is 0 Å². The molecule has 0 bridgehead atoms. The van der Waals surface area contributed by atoms with E-state index in [1.54, 1.807) is 55.5 Å². The Bertz CT molecular complexity index is 2160. The van der Waals surface area contributed by atoms with Crippen LogP contribution in [0.5, 0.6) is 0 Å². The Morgan fingerprint density at radius 2 is 1.47 bits per heavy atom. The molecule has 49 heavy (non-hydrogen) atoms. The molecular formula is C39H30N2O6S2. The van der Waals surface area contributed by atoms with Crippen LogP contribution in [0.4, 0.5) is 10.7 Å². The van der Waals surface area contributed by atoms with Gasteiger partial charge in [0, 0.05) is 32.5 Å². The van der Waals surface area contributed by atoms with Gasteiger partial charge in [0.25, 0.3) is 5.91 Å². The van der Waals surface area contributed by atoms with Gasteiger partial charge in [0.05, 0.1) is 12.2 Å². The van der Waals surface area contributed by atoms with Gasteiger partial charge >= 0.3 is 11.9 Å². The summed E-state index contributed by atoms with van der Waals surface area (Å²) in [7, 11) is 0. The number of thioether (sulfide) groups is 1. The highest BCUT2D eigenvalue weighted by Crippen LogP contribution is 2.40. The van der Waals surface area contributed by atoms with Crippen LogP contribution in [-0.4, -0.2) is 35.5 Å². The van der Waals surface area contributed by atoms with Crippen molar-refractivity contribution in [3.8, 4) is 11.1 Å². The van der Waals surface area contributed by atoms with Crippen molar-refractivity contribution in [2.45, 2.75) is 17.1 Å².